The largest absolute Gasteiger partial charge is 0.396 e. The Bertz CT molecular complexity index is 471. The van der Waals surface area contributed by atoms with Gasteiger partial charge in [-0.15, -0.1) is 0 Å². The maximum atomic E-state index is 12.1. The maximum absolute atomic E-state index is 12.1. The molecule has 2 N–H and O–H groups in total. The number of aliphatic hydroxyl groups is 1. The lowest BCUT2D eigenvalue weighted by Gasteiger charge is -2.18. The molecule has 2 atom stereocenters. The Labute approximate surface area is 129 Å². The third kappa shape index (κ3) is 6.40. The number of aliphatic hydroxyl groups excluding tert-OH is 1. The van der Waals surface area contributed by atoms with Crippen molar-refractivity contribution in [2.75, 3.05) is 19.4 Å². The lowest BCUT2D eigenvalue weighted by molar-refractivity contribution is 0.0941. The molecule has 0 bridgehead atoms. The molecule has 0 spiro atoms. The number of nitrogens with one attached hydrogen (secondary N) is 1. The van der Waals surface area contributed by atoms with Gasteiger partial charge >= 0.3 is 0 Å². The molecule has 0 radical (unpaired) electrons. The average molecular weight is 311 g/mol. The highest BCUT2D eigenvalue weighted by atomic mass is 32.2. The SMILES string of the molecule is CC(C)CC(CCO)CNC(=O)c1ccc(S(C)=O)cc1. The summed E-state index contributed by atoms with van der Waals surface area (Å²) >= 11 is 0. The second-order valence-corrected chi connectivity index (χ2v) is 7.08. The molecule has 1 amide bonds. The highest BCUT2D eigenvalue weighted by Crippen LogP contribution is 2.14. The fourth-order valence-electron chi connectivity index (χ4n) is 2.29. The van der Waals surface area contributed by atoms with Crippen molar-refractivity contribution in [3.8, 4) is 0 Å². The van der Waals surface area contributed by atoms with Gasteiger partial charge in [0.1, 0.15) is 0 Å². The molecule has 0 saturated carbocycles. The fraction of sp³-hybridized carbons (Fsp3) is 0.562. The van der Waals surface area contributed by atoms with E-state index in [4.69, 9.17) is 5.11 Å². The third-order valence-electron chi connectivity index (χ3n) is 3.34. The van der Waals surface area contributed by atoms with Gasteiger partial charge < -0.3 is 10.4 Å². The first-order valence-electron chi connectivity index (χ1n) is 7.26. The standard InChI is InChI=1S/C16H25NO3S/c1-12(2)10-13(8-9-18)11-17-16(19)14-4-6-15(7-5-14)21(3)20/h4-7,12-13,18H,8-11H2,1-3H3,(H,17,19). The van der Waals surface area contributed by atoms with Crippen molar-refractivity contribution >= 4 is 16.7 Å². The quantitative estimate of drug-likeness (QED) is 0.773. The van der Waals surface area contributed by atoms with Crippen molar-refractivity contribution in [3.63, 3.8) is 0 Å². The molecule has 0 aliphatic heterocycles. The molecule has 1 rings (SSSR count). The van der Waals surface area contributed by atoms with E-state index in [2.05, 4.69) is 19.2 Å². The molecule has 21 heavy (non-hydrogen) atoms. The zero-order valence-corrected chi connectivity index (χ0v) is 13.8. The van der Waals surface area contributed by atoms with Gasteiger partial charge in [0.05, 0.1) is 0 Å². The smallest absolute Gasteiger partial charge is 0.251 e. The van der Waals surface area contributed by atoms with Crippen LogP contribution in [0.2, 0.25) is 0 Å². The summed E-state index contributed by atoms with van der Waals surface area (Å²) in [6.45, 7) is 4.98. The summed E-state index contributed by atoms with van der Waals surface area (Å²) < 4.78 is 11.3. The van der Waals surface area contributed by atoms with Crippen molar-refractivity contribution in [1.82, 2.24) is 5.32 Å². The normalized spacial score (nSPS) is 14.0. The van der Waals surface area contributed by atoms with E-state index in [9.17, 15) is 9.00 Å². The topological polar surface area (TPSA) is 66.4 Å². The van der Waals surface area contributed by atoms with Gasteiger partial charge in [-0.1, -0.05) is 13.8 Å². The van der Waals surface area contributed by atoms with E-state index >= 15 is 0 Å². The monoisotopic (exact) mass is 311 g/mol. The summed E-state index contributed by atoms with van der Waals surface area (Å²) in [5.74, 6) is 0.703. The molecule has 2 unspecified atom stereocenters. The number of hydrogen-bond donors (Lipinski definition) is 2. The third-order valence-corrected chi connectivity index (χ3v) is 4.28. The molecule has 0 heterocycles. The Morgan fingerprint density at radius 1 is 1.29 bits per heavy atom. The fourth-order valence-corrected chi connectivity index (χ4v) is 2.81. The van der Waals surface area contributed by atoms with Crippen molar-refractivity contribution in [3.05, 3.63) is 29.8 Å². The van der Waals surface area contributed by atoms with Crippen LogP contribution in [-0.2, 0) is 10.8 Å². The van der Waals surface area contributed by atoms with E-state index in [1.807, 2.05) is 0 Å². The first-order chi connectivity index (χ1) is 9.93. The Morgan fingerprint density at radius 3 is 2.38 bits per heavy atom. The Hall–Kier alpha value is -1.20. The molecule has 1 aromatic rings. The summed E-state index contributed by atoms with van der Waals surface area (Å²) in [7, 11) is -1.03. The van der Waals surface area contributed by atoms with Gasteiger partial charge in [-0.25, -0.2) is 0 Å². The Kier molecular flexibility index (Phi) is 7.61. The van der Waals surface area contributed by atoms with Crippen LogP contribution < -0.4 is 5.32 Å². The minimum atomic E-state index is -1.03. The van der Waals surface area contributed by atoms with Gasteiger partial charge in [0.15, 0.2) is 0 Å². The first kappa shape index (κ1) is 17.9. The minimum Gasteiger partial charge on any atom is -0.396 e. The van der Waals surface area contributed by atoms with Crippen LogP contribution in [0.5, 0.6) is 0 Å². The summed E-state index contributed by atoms with van der Waals surface area (Å²) in [6.07, 6.45) is 3.29. The van der Waals surface area contributed by atoms with Crippen LogP contribution in [-0.4, -0.2) is 34.6 Å². The Balaban J connectivity index is 2.57. The Morgan fingerprint density at radius 2 is 1.90 bits per heavy atom. The van der Waals surface area contributed by atoms with E-state index in [1.165, 1.54) is 0 Å². The van der Waals surface area contributed by atoms with Crippen LogP contribution in [0.15, 0.2) is 29.2 Å². The average Bonchev–Trinajstić information content (AvgIpc) is 2.44. The number of carbonyl (C=O) groups excluding carboxylic acids is 1. The van der Waals surface area contributed by atoms with Crippen LogP contribution in [0.3, 0.4) is 0 Å². The van der Waals surface area contributed by atoms with Crippen LogP contribution >= 0.6 is 0 Å². The van der Waals surface area contributed by atoms with Gasteiger partial charge in [-0.2, -0.15) is 0 Å². The number of carbonyl (C=O) groups is 1. The maximum Gasteiger partial charge on any atom is 0.251 e. The summed E-state index contributed by atoms with van der Waals surface area (Å²) in [4.78, 5) is 12.8. The lowest BCUT2D eigenvalue weighted by atomic mass is 9.94. The first-order valence-corrected chi connectivity index (χ1v) is 8.82. The van der Waals surface area contributed by atoms with E-state index in [-0.39, 0.29) is 12.5 Å². The van der Waals surface area contributed by atoms with Crippen molar-refractivity contribution in [1.29, 1.82) is 0 Å². The number of rotatable bonds is 8. The molecular weight excluding hydrogens is 286 g/mol. The van der Waals surface area contributed by atoms with Gasteiger partial charge in [-0.05, 0) is 48.9 Å². The predicted octanol–water partition coefficient (Wildman–Crippen LogP) is 2.20. The highest BCUT2D eigenvalue weighted by molar-refractivity contribution is 7.84. The predicted molar refractivity (Wildman–Crippen MR) is 85.8 cm³/mol. The molecule has 0 saturated heterocycles. The van der Waals surface area contributed by atoms with Gasteiger partial charge in [-0.3, -0.25) is 9.00 Å². The van der Waals surface area contributed by atoms with E-state index in [1.54, 1.807) is 30.5 Å². The molecule has 0 aliphatic carbocycles. The molecule has 1 aromatic carbocycles. The van der Waals surface area contributed by atoms with Crippen molar-refractivity contribution < 1.29 is 14.1 Å². The second kappa shape index (κ2) is 8.95. The number of hydrogen-bond acceptors (Lipinski definition) is 3. The van der Waals surface area contributed by atoms with E-state index in [0.29, 0.717) is 35.3 Å². The molecular formula is C16H25NO3S. The van der Waals surface area contributed by atoms with Crippen LogP contribution in [0.25, 0.3) is 0 Å². The lowest BCUT2D eigenvalue weighted by Crippen LogP contribution is -2.30. The van der Waals surface area contributed by atoms with Gasteiger partial charge in [0.25, 0.3) is 5.91 Å². The van der Waals surface area contributed by atoms with Crippen LogP contribution in [0.1, 0.15) is 37.0 Å². The molecule has 0 aromatic heterocycles. The van der Waals surface area contributed by atoms with Crippen molar-refractivity contribution in [2.45, 2.75) is 31.6 Å². The summed E-state index contributed by atoms with van der Waals surface area (Å²) in [5, 5.41) is 12.0. The molecule has 4 nitrogen and oxygen atoms in total. The molecule has 5 heteroatoms. The number of amides is 1. The minimum absolute atomic E-state index is 0.130. The highest BCUT2D eigenvalue weighted by Gasteiger charge is 2.13. The van der Waals surface area contributed by atoms with Gasteiger partial charge in [0.2, 0.25) is 0 Å². The van der Waals surface area contributed by atoms with E-state index in [0.717, 1.165) is 6.42 Å². The summed E-state index contributed by atoms with van der Waals surface area (Å²) in [5.41, 5.74) is 0.566. The van der Waals surface area contributed by atoms with Crippen molar-refractivity contribution in [2.24, 2.45) is 11.8 Å². The second-order valence-electron chi connectivity index (χ2n) is 5.70. The molecule has 0 aliphatic rings. The van der Waals surface area contributed by atoms with Gasteiger partial charge in [0, 0.05) is 40.7 Å². The zero-order valence-electron chi connectivity index (χ0n) is 13.0. The van der Waals surface area contributed by atoms with E-state index < -0.39 is 10.8 Å². The molecule has 118 valence electrons. The summed E-state index contributed by atoms with van der Waals surface area (Å²) in [6, 6.07) is 6.81. The zero-order chi connectivity index (χ0) is 15.8. The van der Waals surface area contributed by atoms with Crippen LogP contribution in [0, 0.1) is 11.8 Å². The number of benzene rings is 1. The molecule has 0 fully saturated rings. The van der Waals surface area contributed by atoms with Crippen LogP contribution in [0.4, 0.5) is 0 Å².